The molecule has 3 aromatic carbocycles. The number of carbonyl (C=O) groups is 3. The summed E-state index contributed by atoms with van der Waals surface area (Å²) >= 11 is 0. The number of hydrogen-bond acceptors (Lipinski definition) is 4. The summed E-state index contributed by atoms with van der Waals surface area (Å²) in [6.45, 7) is -0.340. The van der Waals surface area contributed by atoms with Crippen molar-refractivity contribution in [2.24, 2.45) is 0 Å². The van der Waals surface area contributed by atoms with Gasteiger partial charge in [-0.3, -0.25) is 30.1 Å². The molecule has 0 aliphatic carbocycles. The average Bonchev–Trinajstić information content (AvgIpc) is 2.91. The Morgan fingerprint density at radius 2 is 1.42 bits per heavy atom. The third-order valence-corrected chi connectivity index (χ3v) is 4.28. The van der Waals surface area contributed by atoms with E-state index in [1.807, 2.05) is 42.5 Å². The molecule has 0 unspecified atom stereocenters. The van der Waals surface area contributed by atoms with Crippen LogP contribution in [0.2, 0.25) is 0 Å². The predicted molar refractivity (Wildman–Crippen MR) is 97.5 cm³/mol. The average molecular weight is 345 g/mol. The number of carbonyl (C=O) groups excluding carboxylic acids is 3. The van der Waals surface area contributed by atoms with Gasteiger partial charge < -0.3 is 0 Å². The molecule has 1 aliphatic rings. The Bertz CT molecular complexity index is 1010. The van der Waals surface area contributed by atoms with E-state index in [9.17, 15) is 14.4 Å². The van der Waals surface area contributed by atoms with Crippen LogP contribution in [0.5, 0.6) is 0 Å². The predicted octanol–water partition coefficient (Wildman–Crippen LogP) is 2.58. The van der Waals surface area contributed by atoms with Crippen LogP contribution in [0, 0.1) is 0 Å². The van der Waals surface area contributed by atoms with Crippen LogP contribution in [0.25, 0.3) is 10.8 Å². The van der Waals surface area contributed by atoms with Gasteiger partial charge in [0.1, 0.15) is 6.54 Å². The van der Waals surface area contributed by atoms with Crippen molar-refractivity contribution >= 4 is 34.2 Å². The Morgan fingerprint density at radius 3 is 2.12 bits per heavy atom. The van der Waals surface area contributed by atoms with E-state index in [2.05, 4.69) is 10.9 Å². The fourth-order valence-corrected chi connectivity index (χ4v) is 2.97. The molecule has 128 valence electrons. The van der Waals surface area contributed by atoms with Gasteiger partial charge in [0.05, 0.1) is 16.8 Å². The minimum atomic E-state index is -0.479. The number of benzene rings is 3. The molecule has 0 fully saturated rings. The van der Waals surface area contributed by atoms with Gasteiger partial charge in [-0.1, -0.05) is 42.5 Å². The second kappa shape index (κ2) is 6.33. The minimum Gasteiger partial charge on any atom is -0.299 e. The van der Waals surface area contributed by atoms with Crippen LogP contribution in [-0.4, -0.2) is 29.2 Å². The van der Waals surface area contributed by atoms with Crippen LogP contribution < -0.4 is 10.9 Å². The monoisotopic (exact) mass is 345 g/mol. The van der Waals surface area contributed by atoms with Crippen LogP contribution in [0.3, 0.4) is 0 Å². The summed E-state index contributed by atoms with van der Waals surface area (Å²) in [5, 5.41) is 2.13. The molecular weight excluding hydrogens is 330 g/mol. The van der Waals surface area contributed by atoms with Crippen molar-refractivity contribution in [2.75, 3.05) is 12.0 Å². The van der Waals surface area contributed by atoms with Crippen LogP contribution in [0.15, 0.2) is 66.7 Å². The van der Waals surface area contributed by atoms with Crippen LogP contribution >= 0.6 is 0 Å². The molecule has 0 bridgehead atoms. The third kappa shape index (κ3) is 2.77. The lowest BCUT2D eigenvalue weighted by atomic mass is 10.1. The second-order valence-corrected chi connectivity index (χ2v) is 5.98. The first-order chi connectivity index (χ1) is 12.6. The van der Waals surface area contributed by atoms with Gasteiger partial charge in [0.15, 0.2) is 0 Å². The van der Waals surface area contributed by atoms with Gasteiger partial charge in [-0.25, -0.2) is 0 Å². The van der Waals surface area contributed by atoms with Crippen LogP contribution in [-0.2, 0) is 4.79 Å². The van der Waals surface area contributed by atoms with E-state index in [1.165, 1.54) is 0 Å². The number of anilines is 1. The van der Waals surface area contributed by atoms with Gasteiger partial charge in [0.2, 0.25) is 0 Å². The molecule has 4 rings (SSSR count). The van der Waals surface area contributed by atoms with Crippen molar-refractivity contribution in [3.05, 3.63) is 77.9 Å². The second-order valence-electron chi connectivity index (χ2n) is 5.98. The fraction of sp³-hybridized carbons (Fsp3) is 0.0500. The molecule has 0 saturated heterocycles. The Balaban J connectivity index is 1.41. The third-order valence-electron chi connectivity index (χ3n) is 4.28. The highest BCUT2D eigenvalue weighted by atomic mass is 16.2. The van der Waals surface area contributed by atoms with Gasteiger partial charge in [0.25, 0.3) is 17.7 Å². The topological polar surface area (TPSA) is 78.5 Å². The number of rotatable bonds is 4. The normalized spacial score (nSPS) is 13.0. The Kier molecular flexibility index (Phi) is 3.85. The maximum Gasteiger partial charge on any atom is 0.262 e. The maximum absolute atomic E-state index is 12.3. The summed E-state index contributed by atoms with van der Waals surface area (Å²) in [5.41, 5.74) is 6.70. The van der Waals surface area contributed by atoms with Gasteiger partial charge in [0, 0.05) is 0 Å². The lowest BCUT2D eigenvalue weighted by Gasteiger charge is -2.14. The first-order valence-electron chi connectivity index (χ1n) is 8.12. The number of imide groups is 1. The molecule has 1 aliphatic heterocycles. The molecule has 0 radical (unpaired) electrons. The van der Waals surface area contributed by atoms with E-state index in [0.717, 1.165) is 15.7 Å². The smallest absolute Gasteiger partial charge is 0.262 e. The van der Waals surface area contributed by atoms with Crippen molar-refractivity contribution in [3.63, 3.8) is 0 Å². The number of nitrogens with zero attached hydrogens (tertiary/aromatic N) is 1. The van der Waals surface area contributed by atoms with Gasteiger partial charge >= 0.3 is 0 Å². The number of hydrogen-bond donors (Lipinski definition) is 2. The van der Waals surface area contributed by atoms with Crippen molar-refractivity contribution in [1.29, 1.82) is 0 Å². The zero-order valence-corrected chi connectivity index (χ0v) is 13.7. The zero-order valence-electron chi connectivity index (χ0n) is 13.7. The summed E-state index contributed by atoms with van der Waals surface area (Å²) in [7, 11) is 0. The summed E-state index contributed by atoms with van der Waals surface area (Å²) in [6.07, 6.45) is 0. The molecule has 3 aromatic rings. The van der Waals surface area contributed by atoms with E-state index in [4.69, 9.17) is 0 Å². The highest BCUT2D eigenvalue weighted by molar-refractivity contribution is 6.22. The number of fused-ring (bicyclic) bond motifs is 2. The van der Waals surface area contributed by atoms with Gasteiger partial charge in [-0.2, -0.15) is 0 Å². The molecule has 1 heterocycles. The Hall–Kier alpha value is -3.67. The van der Waals surface area contributed by atoms with E-state index >= 15 is 0 Å². The molecule has 0 saturated carbocycles. The van der Waals surface area contributed by atoms with E-state index in [-0.39, 0.29) is 6.54 Å². The number of amides is 3. The quantitative estimate of drug-likeness (QED) is 0.563. The van der Waals surface area contributed by atoms with E-state index in [1.54, 1.807) is 24.3 Å². The fourth-order valence-electron chi connectivity index (χ4n) is 2.97. The molecule has 0 spiro atoms. The lowest BCUT2D eigenvalue weighted by molar-refractivity contribution is -0.120. The molecule has 0 atom stereocenters. The van der Waals surface area contributed by atoms with E-state index < -0.39 is 17.7 Å². The van der Waals surface area contributed by atoms with Crippen molar-refractivity contribution in [1.82, 2.24) is 10.3 Å². The van der Waals surface area contributed by atoms with Crippen molar-refractivity contribution in [2.45, 2.75) is 0 Å². The Labute approximate surface area is 149 Å². The number of nitrogens with one attached hydrogen (secondary N) is 2. The molecule has 0 aromatic heterocycles. The lowest BCUT2D eigenvalue weighted by Crippen LogP contribution is -2.42. The van der Waals surface area contributed by atoms with Crippen molar-refractivity contribution < 1.29 is 14.4 Å². The molecule has 3 amide bonds. The Morgan fingerprint density at radius 1 is 0.808 bits per heavy atom. The van der Waals surface area contributed by atoms with Crippen molar-refractivity contribution in [3.8, 4) is 0 Å². The SMILES string of the molecule is O=C(CN1C(=O)c2ccccc2C1=O)NNc1ccc2ccccc2c1. The largest absolute Gasteiger partial charge is 0.299 e. The maximum atomic E-state index is 12.3. The summed E-state index contributed by atoms with van der Waals surface area (Å²) in [6, 6.07) is 20.1. The molecular formula is C20H15N3O3. The summed E-state index contributed by atoms with van der Waals surface area (Å²) < 4.78 is 0. The standard InChI is InChI=1S/C20H15N3O3/c24-18(12-23-19(25)16-7-3-4-8-17(16)20(23)26)22-21-15-10-9-13-5-1-2-6-14(13)11-15/h1-11,21H,12H2,(H,22,24). The van der Waals surface area contributed by atoms with Crippen LogP contribution in [0.4, 0.5) is 5.69 Å². The highest BCUT2D eigenvalue weighted by Crippen LogP contribution is 2.22. The zero-order chi connectivity index (χ0) is 18.1. The first kappa shape index (κ1) is 15.8. The van der Waals surface area contributed by atoms with Gasteiger partial charge in [-0.05, 0) is 35.0 Å². The summed E-state index contributed by atoms with van der Waals surface area (Å²) in [5.74, 6) is -1.38. The minimum absolute atomic E-state index is 0.327. The number of hydrazine groups is 1. The van der Waals surface area contributed by atoms with Crippen LogP contribution in [0.1, 0.15) is 20.7 Å². The van der Waals surface area contributed by atoms with E-state index in [0.29, 0.717) is 16.8 Å². The molecule has 2 N–H and O–H groups in total. The molecule has 6 heteroatoms. The highest BCUT2D eigenvalue weighted by Gasteiger charge is 2.36. The molecule has 6 nitrogen and oxygen atoms in total. The van der Waals surface area contributed by atoms with Gasteiger partial charge in [-0.15, -0.1) is 0 Å². The summed E-state index contributed by atoms with van der Waals surface area (Å²) in [4.78, 5) is 37.6. The first-order valence-corrected chi connectivity index (χ1v) is 8.12. The molecule has 26 heavy (non-hydrogen) atoms.